The Morgan fingerprint density at radius 1 is 1.00 bits per heavy atom. The molecule has 0 bridgehead atoms. The first-order chi connectivity index (χ1) is 6.92. The van der Waals surface area contributed by atoms with E-state index in [0.717, 1.165) is 16.9 Å². The molecule has 14 heavy (non-hydrogen) atoms. The number of anilines is 1. The Hall–Kier alpha value is -1.83. The maximum atomic E-state index is 4.32. The SMILES string of the molecule is CNc1ccccc1-c1ccccn1. The highest BCUT2D eigenvalue weighted by Gasteiger charge is 2.02. The molecule has 0 spiro atoms. The molecule has 2 rings (SSSR count). The van der Waals surface area contributed by atoms with Gasteiger partial charge in [0.15, 0.2) is 0 Å². The van der Waals surface area contributed by atoms with Crippen LogP contribution < -0.4 is 5.32 Å². The summed E-state index contributed by atoms with van der Waals surface area (Å²) < 4.78 is 0. The van der Waals surface area contributed by atoms with Crippen LogP contribution in [0.2, 0.25) is 0 Å². The first kappa shape index (κ1) is 8.75. The molecule has 70 valence electrons. The first-order valence-corrected chi connectivity index (χ1v) is 4.60. The highest BCUT2D eigenvalue weighted by atomic mass is 14.8. The van der Waals surface area contributed by atoms with Crippen molar-refractivity contribution in [2.75, 3.05) is 12.4 Å². The second-order valence-corrected chi connectivity index (χ2v) is 3.01. The third-order valence-corrected chi connectivity index (χ3v) is 2.14. The van der Waals surface area contributed by atoms with Crippen molar-refractivity contribution in [3.05, 3.63) is 48.7 Å². The monoisotopic (exact) mass is 184 g/mol. The Bertz CT molecular complexity index is 410. The van der Waals surface area contributed by atoms with E-state index in [1.54, 1.807) is 0 Å². The summed E-state index contributed by atoms with van der Waals surface area (Å²) in [5, 5.41) is 3.15. The summed E-state index contributed by atoms with van der Waals surface area (Å²) in [5.74, 6) is 0. The zero-order valence-corrected chi connectivity index (χ0v) is 8.07. The van der Waals surface area contributed by atoms with Crippen LogP contribution >= 0.6 is 0 Å². The van der Waals surface area contributed by atoms with E-state index in [2.05, 4.69) is 16.4 Å². The van der Waals surface area contributed by atoms with Crippen LogP contribution in [-0.2, 0) is 0 Å². The molecule has 0 fully saturated rings. The third kappa shape index (κ3) is 1.59. The minimum atomic E-state index is 0.998. The van der Waals surface area contributed by atoms with Gasteiger partial charge in [-0.1, -0.05) is 24.3 Å². The van der Waals surface area contributed by atoms with Crippen LogP contribution in [0.25, 0.3) is 11.3 Å². The molecule has 0 saturated carbocycles. The number of aromatic nitrogens is 1. The van der Waals surface area contributed by atoms with Gasteiger partial charge >= 0.3 is 0 Å². The topological polar surface area (TPSA) is 24.9 Å². The lowest BCUT2D eigenvalue weighted by Crippen LogP contribution is -1.92. The second-order valence-electron chi connectivity index (χ2n) is 3.01. The fourth-order valence-corrected chi connectivity index (χ4v) is 1.45. The highest BCUT2D eigenvalue weighted by molar-refractivity contribution is 5.75. The van der Waals surface area contributed by atoms with E-state index in [1.807, 2.05) is 49.6 Å². The Morgan fingerprint density at radius 3 is 2.50 bits per heavy atom. The number of hydrogen-bond donors (Lipinski definition) is 1. The van der Waals surface area contributed by atoms with Gasteiger partial charge in [0.25, 0.3) is 0 Å². The Balaban J connectivity index is 2.51. The Labute approximate surface area is 83.6 Å². The lowest BCUT2D eigenvalue weighted by Gasteiger charge is -2.07. The minimum absolute atomic E-state index is 0.998. The van der Waals surface area contributed by atoms with Gasteiger partial charge in [0.1, 0.15) is 0 Å². The summed E-state index contributed by atoms with van der Waals surface area (Å²) in [6.07, 6.45) is 1.81. The van der Waals surface area contributed by atoms with Crippen LogP contribution in [-0.4, -0.2) is 12.0 Å². The van der Waals surface area contributed by atoms with Gasteiger partial charge in [-0.25, -0.2) is 0 Å². The summed E-state index contributed by atoms with van der Waals surface area (Å²) >= 11 is 0. The molecule has 0 amide bonds. The van der Waals surface area contributed by atoms with E-state index in [9.17, 15) is 0 Å². The predicted molar refractivity (Wildman–Crippen MR) is 59.2 cm³/mol. The van der Waals surface area contributed by atoms with Crippen molar-refractivity contribution in [2.45, 2.75) is 0 Å². The van der Waals surface area contributed by atoms with Gasteiger partial charge in [-0.2, -0.15) is 0 Å². The van der Waals surface area contributed by atoms with Crippen molar-refractivity contribution < 1.29 is 0 Å². The van der Waals surface area contributed by atoms with Crippen molar-refractivity contribution in [3.63, 3.8) is 0 Å². The summed E-state index contributed by atoms with van der Waals surface area (Å²) in [6.45, 7) is 0. The minimum Gasteiger partial charge on any atom is -0.388 e. The van der Waals surface area contributed by atoms with E-state index < -0.39 is 0 Å². The van der Waals surface area contributed by atoms with Gasteiger partial charge in [-0.15, -0.1) is 0 Å². The smallest absolute Gasteiger partial charge is 0.0722 e. The third-order valence-electron chi connectivity index (χ3n) is 2.14. The van der Waals surface area contributed by atoms with E-state index in [4.69, 9.17) is 0 Å². The maximum absolute atomic E-state index is 4.32. The van der Waals surface area contributed by atoms with Crippen LogP contribution in [0.1, 0.15) is 0 Å². The van der Waals surface area contributed by atoms with Crippen molar-refractivity contribution in [1.29, 1.82) is 0 Å². The molecule has 0 aliphatic carbocycles. The standard InChI is InChI=1S/C12H12N2/c1-13-11-7-3-2-6-10(11)12-8-4-5-9-14-12/h2-9,13H,1H3. The van der Waals surface area contributed by atoms with E-state index in [0.29, 0.717) is 0 Å². The lowest BCUT2D eigenvalue weighted by atomic mass is 10.1. The number of benzene rings is 1. The molecule has 2 aromatic rings. The van der Waals surface area contributed by atoms with Crippen molar-refractivity contribution in [1.82, 2.24) is 4.98 Å². The molecule has 2 nitrogen and oxygen atoms in total. The van der Waals surface area contributed by atoms with Crippen molar-refractivity contribution in [3.8, 4) is 11.3 Å². The van der Waals surface area contributed by atoms with E-state index in [-0.39, 0.29) is 0 Å². The molecule has 1 aromatic carbocycles. The highest BCUT2D eigenvalue weighted by Crippen LogP contribution is 2.24. The number of nitrogens with zero attached hydrogens (tertiary/aromatic N) is 1. The molecular weight excluding hydrogens is 172 g/mol. The fraction of sp³-hybridized carbons (Fsp3) is 0.0833. The zero-order chi connectivity index (χ0) is 9.80. The largest absolute Gasteiger partial charge is 0.388 e. The molecule has 1 N–H and O–H groups in total. The van der Waals surface area contributed by atoms with Crippen molar-refractivity contribution >= 4 is 5.69 Å². The number of nitrogens with one attached hydrogen (secondary N) is 1. The molecule has 0 aliphatic rings. The Kier molecular flexibility index (Phi) is 2.45. The van der Waals surface area contributed by atoms with E-state index >= 15 is 0 Å². The average molecular weight is 184 g/mol. The molecule has 0 atom stereocenters. The average Bonchev–Trinajstić information content (AvgIpc) is 2.30. The van der Waals surface area contributed by atoms with Crippen LogP contribution in [0.4, 0.5) is 5.69 Å². The molecule has 1 aromatic heterocycles. The quantitative estimate of drug-likeness (QED) is 0.776. The van der Waals surface area contributed by atoms with Gasteiger partial charge in [0, 0.05) is 24.5 Å². The normalized spacial score (nSPS) is 9.79. The number of hydrogen-bond acceptors (Lipinski definition) is 2. The summed E-state index contributed by atoms with van der Waals surface area (Å²) in [4.78, 5) is 4.32. The molecular formula is C12H12N2. The summed E-state index contributed by atoms with van der Waals surface area (Å²) in [5.41, 5.74) is 3.24. The number of rotatable bonds is 2. The molecule has 0 aliphatic heterocycles. The van der Waals surface area contributed by atoms with Crippen LogP contribution in [0.5, 0.6) is 0 Å². The van der Waals surface area contributed by atoms with Gasteiger partial charge in [0.05, 0.1) is 5.69 Å². The van der Waals surface area contributed by atoms with Crippen LogP contribution in [0.3, 0.4) is 0 Å². The molecule has 1 heterocycles. The van der Waals surface area contributed by atoms with Gasteiger partial charge in [-0.3, -0.25) is 4.98 Å². The summed E-state index contributed by atoms with van der Waals surface area (Å²) in [7, 11) is 1.92. The lowest BCUT2D eigenvalue weighted by molar-refractivity contribution is 1.32. The number of para-hydroxylation sites is 1. The molecule has 0 radical (unpaired) electrons. The van der Waals surface area contributed by atoms with Gasteiger partial charge < -0.3 is 5.32 Å². The van der Waals surface area contributed by atoms with Crippen LogP contribution in [0.15, 0.2) is 48.7 Å². The molecule has 2 heteroatoms. The number of pyridine rings is 1. The van der Waals surface area contributed by atoms with Gasteiger partial charge in [-0.05, 0) is 18.2 Å². The van der Waals surface area contributed by atoms with Gasteiger partial charge in [0.2, 0.25) is 0 Å². The second kappa shape index (κ2) is 3.92. The molecule has 0 saturated heterocycles. The first-order valence-electron chi connectivity index (χ1n) is 4.60. The van der Waals surface area contributed by atoms with Crippen molar-refractivity contribution in [2.24, 2.45) is 0 Å². The van der Waals surface area contributed by atoms with Crippen LogP contribution in [0, 0.1) is 0 Å². The summed E-state index contributed by atoms with van der Waals surface area (Å²) in [6, 6.07) is 14.1. The fourth-order valence-electron chi connectivity index (χ4n) is 1.45. The maximum Gasteiger partial charge on any atom is 0.0722 e. The Morgan fingerprint density at radius 2 is 1.79 bits per heavy atom. The van der Waals surface area contributed by atoms with E-state index in [1.165, 1.54) is 0 Å². The molecule has 0 unspecified atom stereocenters. The predicted octanol–water partition coefficient (Wildman–Crippen LogP) is 2.79. The zero-order valence-electron chi connectivity index (χ0n) is 8.07.